The molecule has 0 saturated heterocycles. The minimum atomic E-state index is -2.08. The van der Waals surface area contributed by atoms with E-state index < -0.39 is 23.3 Å². The van der Waals surface area contributed by atoms with Crippen LogP contribution in [0.1, 0.15) is 12.8 Å². The van der Waals surface area contributed by atoms with Crippen molar-refractivity contribution in [2.45, 2.75) is 12.8 Å². The van der Waals surface area contributed by atoms with Gasteiger partial charge in [-0.15, -0.1) is 0 Å². The van der Waals surface area contributed by atoms with E-state index in [9.17, 15) is 13.8 Å². The van der Waals surface area contributed by atoms with Gasteiger partial charge in [-0.25, -0.2) is 0 Å². The molecule has 0 rings (SSSR count). The van der Waals surface area contributed by atoms with Crippen LogP contribution in [0.25, 0.3) is 0 Å². The molecule has 0 heterocycles. The molecule has 0 saturated carbocycles. The van der Waals surface area contributed by atoms with Crippen LogP contribution in [0.2, 0.25) is 0 Å². The zero-order valence-electron chi connectivity index (χ0n) is 7.17. The van der Waals surface area contributed by atoms with Gasteiger partial charge in [0.2, 0.25) is 0 Å². The van der Waals surface area contributed by atoms with Gasteiger partial charge < -0.3 is 10.2 Å². The average molecular weight is 226 g/mol. The maximum atomic E-state index is 10.7. The highest BCUT2D eigenvalue weighted by molar-refractivity contribution is 7.75. The lowest BCUT2D eigenvalue weighted by Gasteiger charge is -2.00. The lowest BCUT2D eigenvalue weighted by molar-refractivity contribution is -0.138. The van der Waals surface area contributed by atoms with Gasteiger partial charge in [-0.2, -0.15) is 4.21 Å². The normalized spacial score (nSPS) is 10.4. The molecule has 7 nitrogen and oxygen atoms in total. The molecule has 0 radical (unpaired) electrons. The van der Waals surface area contributed by atoms with Gasteiger partial charge in [-0.3, -0.25) is 18.0 Å². The Bertz CT molecular complexity index is 204. The van der Waals surface area contributed by atoms with E-state index in [2.05, 4.69) is 8.37 Å². The molecule has 82 valence electrons. The Balaban J connectivity index is 3.37. The third-order valence-electron chi connectivity index (χ3n) is 0.991. The highest BCUT2D eigenvalue weighted by Crippen LogP contribution is 1.93. The van der Waals surface area contributed by atoms with Crippen LogP contribution in [0, 0.1) is 0 Å². The van der Waals surface area contributed by atoms with E-state index in [1.807, 2.05) is 0 Å². The minimum absolute atomic E-state index is 0.241. The fraction of sp³-hybridized carbons (Fsp3) is 0.667. The molecule has 0 atom stereocenters. The number of aliphatic carboxylic acids is 2. The number of hydrogen-bond acceptors (Lipinski definition) is 5. The first kappa shape index (κ1) is 13.0. The van der Waals surface area contributed by atoms with Crippen LogP contribution in [-0.2, 0) is 29.3 Å². The number of carboxylic acids is 2. The van der Waals surface area contributed by atoms with Crippen molar-refractivity contribution in [3.63, 3.8) is 0 Å². The van der Waals surface area contributed by atoms with Gasteiger partial charge in [-0.1, -0.05) is 0 Å². The molecule has 0 aromatic rings. The maximum absolute atomic E-state index is 10.7. The zero-order valence-corrected chi connectivity index (χ0v) is 7.99. The summed E-state index contributed by atoms with van der Waals surface area (Å²) in [5, 5.41) is 16.4. The first-order valence-electron chi connectivity index (χ1n) is 3.64. The molecule has 0 bridgehead atoms. The summed E-state index contributed by atoms with van der Waals surface area (Å²) < 4.78 is 19.5. The monoisotopic (exact) mass is 226 g/mol. The van der Waals surface area contributed by atoms with Crippen LogP contribution in [-0.4, -0.2) is 39.6 Å². The highest BCUT2D eigenvalue weighted by Gasteiger charge is 2.04. The van der Waals surface area contributed by atoms with Crippen molar-refractivity contribution in [1.82, 2.24) is 0 Å². The topological polar surface area (TPSA) is 110 Å². The van der Waals surface area contributed by atoms with Gasteiger partial charge in [0.25, 0.3) is 0 Å². The summed E-state index contributed by atoms with van der Waals surface area (Å²) in [6, 6.07) is 0. The van der Waals surface area contributed by atoms with Crippen molar-refractivity contribution in [2.75, 3.05) is 13.2 Å². The third-order valence-corrected chi connectivity index (χ3v) is 1.71. The van der Waals surface area contributed by atoms with E-state index in [4.69, 9.17) is 10.2 Å². The van der Waals surface area contributed by atoms with E-state index in [1.165, 1.54) is 0 Å². The Morgan fingerprint density at radius 1 is 1.00 bits per heavy atom. The number of rotatable bonds is 8. The Morgan fingerprint density at radius 2 is 1.36 bits per heavy atom. The summed E-state index contributed by atoms with van der Waals surface area (Å²) in [5.41, 5.74) is 0. The van der Waals surface area contributed by atoms with Crippen LogP contribution in [0.15, 0.2) is 0 Å². The van der Waals surface area contributed by atoms with E-state index in [0.717, 1.165) is 0 Å². The van der Waals surface area contributed by atoms with Crippen LogP contribution in [0.4, 0.5) is 0 Å². The first-order valence-corrected chi connectivity index (χ1v) is 4.64. The molecule has 0 aliphatic rings. The number of carboxylic acid groups (broad SMARTS) is 2. The molecule has 0 aromatic heterocycles. The van der Waals surface area contributed by atoms with Gasteiger partial charge in [0.05, 0.1) is 26.1 Å². The molecule has 0 fully saturated rings. The highest BCUT2D eigenvalue weighted by atomic mass is 32.2. The van der Waals surface area contributed by atoms with Crippen molar-refractivity contribution < 1.29 is 32.4 Å². The minimum Gasteiger partial charge on any atom is -0.481 e. The van der Waals surface area contributed by atoms with Gasteiger partial charge >= 0.3 is 23.3 Å². The summed E-state index contributed by atoms with van der Waals surface area (Å²) in [6.07, 6.45) is -0.567. The SMILES string of the molecule is O=C(O)CCOS(=O)OCCC(=O)O. The Morgan fingerprint density at radius 3 is 1.64 bits per heavy atom. The van der Waals surface area contributed by atoms with Crippen LogP contribution >= 0.6 is 0 Å². The Kier molecular flexibility index (Phi) is 6.89. The lowest BCUT2D eigenvalue weighted by Crippen LogP contribution is -2.09. The molecule has 8 heteroatoms. The van der Waals surface area contributed by atoms with Crippen molar-refractivity contribution in [1.29, 1.82) is 0 Å². The quantitative estimate of drug-likeness (QED) is 0.576. The Hall–Kier alpha value is -0.990. The van der Waals surface area contributed by atoms with Gasteiger partial charge in [0.15, 0.2) is 0 Å². The summed E-state index contributed by atoms with van der Waals surface area (Å²) in [4.78, 5) is 20.0. The first-order chi connectivity index (χ1) is 6.52. The predicted octanol–water partition coefficient (Wildman–Crippen LogP) is -0.452. The van der Waals surface area contributed by atoms with Crippen molar-refractivity contribution in [2.24, 2.45) is 0 Å². The molecule has 0 unspecified atom stereocenters. The standard InChI is InChI=1S/C6H10O7S/c7-5(8)1-3-12-14(11)13-4-2-6(9)10/h1-4H2,(H,7,8)(H,9,10). The van der Waals surface area contributed by atoms with Crippen molar-refractivity contribution >= 4 is 23.3 Å². The van der Waals surface area contributed by atoms with E-state index in [1.54, 1.807) is 0 Å². The van der Waals surface area contributed by atoms with Gasteiger partial charge in [0, 0.05) is 0 Å². The molecule has 0 aliphatic heterocycles. The molecule has 0 spiro atoms. The molecule has 14 heavy (non-hydrogen) atoms. The summed E-state index contributed by atoms with van der Waals surface area (Å²) in [6.45, 7) is -0.482. The summed E-state index contributed by atoms with van der Waals surface area (Å²) in [5.74, 6) is -2.15. The van der Waals surface area contributed by atoms with Crippen LogP contribution in [0.3, 0.4) is 0 Å². The largest absolute Gasteiger partial charge is 0.481 e. The maximum Gasteiger partial charge on any atom is 0.305 e. The second kappa shape index (κ2) is 7.42. The van der Waals surface area contributed by atoms with E-state index >= 15 is 0 Å². The van der Waals surface area contributed by atoms with Gasteiger partial charge in [0.1, 0.15) is 0 Å². The molecular weight excluding hydrogens is 216 g/mol. The second-order valence-corrected chi connectivity index (χ2v) is 3.02. The zero-order chi connectivity index (χ0) is 11.0. The molecule has 0 aliphatic carbocycles. The van der Waals surface area contributed by atoms with Crippen LogP contribution < -0.4 is 0 Å². The van der Waals surface area contributed by atoms with Crippen LogP contribution in [0.5, 0.6) is 0 Å². The van der Waals surface area contributed by atoms with Gasteiger partial charge in [-0.05, 0) is 0 Å². The van der Waals surface area contributed by atoms with E-state index in [0.29, 0.717) is 0 Å². The molecule has 0 aromatic carbocycles. The third kappa shape index (κ3) is 9.10. The summed E-state index contributed by atoms with van der Waals surface area (Å²) >= 11 is -2.08. The number of carbonyl (C=O) groups is 2. The fourth-order valence-electron chi connectivity index (χ4n) is 0.428. The smallest absolute Gasteiger partial charge is 0.305 e. The van der Waals surface area contributed by atoms with E-state index in [-0.39, 0.29) is 26.1 Å². The molecule has 2 N–H and O–H groups in total. The predicted molar refractivity (Wildman–Crippen MR) is 44.6 cm³/mol. The number of hydrogen-bond donors (Lipinski definition) is 2. The fourth-order valence-corrected chi connectivity index (χ4v) is 0.935. The molecular formula is C6H10O7S. The Labute approximate surface area is 82.5 Å². The van der Waals surface area contributed by atoms with Crippen molar-refractivity contribution in [3.05, 3.63) is 0 Å². The second-order valence-electron chi connectivity index (χ2n) is 2.14. The summed E-state index contributed by atoms with van der Waals surface area (Å²) in [7, 11) is 0. The average Bonchev–Trinajstić information content (AvgIpc) is 2.02. The lowest BCUT2D eigenvalue weighted by atomic mass is 10.5. The molecule has 0 amide bonds. The van der Waals surface area contributed by atoms with Crippen molar-refractivity contribution in [3.8, 4) is 0 Å².